The summed E-state index contributed by atoms with van der Waals surface area (Å²) in [4.78, 5) is 37.3. The van der Waals surface area contributed by atoms with E-state index in [-0.39, 0.29) is 16.8 Å². The van der Waals surface area contributed by atoms with Gasteiger partial charge in [0.25, 0.3) is 11.5 Å². The summed E-state index contributed by atoms with van der Waals surface area (Å²) in [6, 6.07) is 12.9. The van der Waals surface area contributed by atoms with Crippen molar-refractivity contribution in [2.45, 2.75) is 60.2 Å². The molecule has 2 aromatic heterocycles. The van der Waals surface area contributed by atoms with Gasteiger partial charge in [-0.1, -0.05) is 47.6 Å². The smallest absolute Gasteiger partial charge is 0.270 e. The summed E-state index contributed by atoms with van der Waals surface area (Å²) in [7, 11) is 0. The first-order chi connectivity index (χ1) is 21.3. The monoisotopic (exact) mass is 632 g/mol. The molecule has 3 aliphatic rings. The van der Waals surface area contributed by atoms with Gasteiger partial charge in [0.05, 0.1) is 22.9 Å². The van der Waals surface area contributed by atoms with E-state index in [1.807, 2.05) is 24.3 Å². The minimum absolute atomic E-state index is 0.175. The molecule has 4 aromatic rings. The van der Waals surface area contributed by atoms with Crippen molar-refractivity contribution in [3.8, 4) is 11.6 Å². The lowest BCUT2D eigenvalue weighted by Crippen LogP contribution is -2.51. The van der Waals surface area contributed by atoms with E-state index in [4.69, 9.17) is 22.1 Å². The second-order valence-corrected chi connectivity index (χ2v) is 12.5. The number of carbonyl (C=O) groups is 1. The van der Waals surface area contributed by atoms with Gasteiger partial charge in [-0.25, -0.2) is 4.98 Å². The lowest BCUT2D eigenvalue weighted by molar-refractivity contribution is 0.0429. The summed E-state index contributed by atoms with van der Waals surface area (Å²) < 4.78 is 7.78. The van der Waals surface area contributed by atoms with Gasteiger partial charge in [-0.2, -0.15) is 4.98 Å². The molecular formula is C30H29ClN8O4S. The fraction of sp³-hybridized carbons (Fsp3) is 0.333. The summed E-state index contributed by atoms with van der Waals surface area (Å²) in [6.07, 6.45) is 5.36. The summed E-state index contributed by atoms with van der Waals surface area (Å²) >= 11 is 7.88. The number of hydrogen-bond acceptors (Lipinski definition) is 11. The van der Waals surface area contributed by atoms with Crippen LogP contribution >= 0.6 is 23.4 Å². The highest BCUT2D eigenvalue weighted by Crippen LogP contribution is 2.47. The van der Waals surface area contributed by atoms with Gasteiger partial charge in [-0.05, 0) is 31.0 Å². The van der Waals surface area contributed by atoms with Crippen molar-refractivity contribution in [2.75, 3.05) is 23.3 Å². The quantitative estimate of drug-likeness (QED) is 0.292. The van der Waals surface area contributed by atoms with Crippen LogP contribution in [-0.2, 0) is 13.0 Å². The second kappa shape index (κ2) is 11.4. The number of aromatic nitrogens is 5. The highest BCUT2D eigenvalue weighted by molar-refractivity contribution is 7.99. The van der Waals surface area contributed by atoms with E-state index in [0.717, 1.165) is 37.0 Å². The molecule has 14 heteroatoms. The molecule has 3 aliphatic heterocycles. The Balaban J connectivity index is 1.01. The van der Waals surface area contributed by atoms with E-state index in [9.17, 15) is 14.7 Å². The number of benzene rings is 2. The number of hydrogen-bond donors (Lipinski definition) is 3. The van der Waals surface area contributed by atoms with Crippen LogP contribution in [0.5, 0.6) is 11.6 Å². The molecule has 2 aromatic carbocycles. The van der Waals surface area contributed by atoms with Crippen LogP contribution in [0.1, 0.15) is 53.5 Å². The number of aromatic hydroxyl groups is 1. The Morgan fingerprint density at radius 3 is 2.70 bits per heavy atom. The maximum atomic E-state index is 13.1. The second-order valence-electron chi connectivity index (χ2n) is 11.1. The number of amides is 1. The van der Waals surface area contributed by atoms with E-state index in [1.54, 1.807) is 24.4 Å². The van der Waals surface area contributed by atoms with Gasteiger partial charge < -0.3 is 25.8 Å². The first-order valence-corrected chi connectivity index (χ1v) is 15.6. The number of aryl methyl sites for hydroxylation is 1. The zero-order valence-corrected chi connectivity index (χ0v) is 25.1. The zero-order chi connectivity index (χ0) is 30.4. The molecule has 1 fully saturated rings. The molecule has 0 radical (unpaired) electrons. The molecular weight excluding hydrogens is 604 g/mol. The molecule has 12 nitrogen and oxygen atoms in total. The average Bonchev–Trinajstić information content (AvgIpc) is 3.30. The molecule has 4 N–H and O–H groups in total. The Hall–Kier alpha value is -4.20. The van der Waals surface area contributed by atoms with E-state index in [1.165, 1.54) is 16.3 Å². The molecule has 7 rings (SSSR count). The van der Waals surface area contributed by atoms with Crippen LogP contribution in [0.25, 0.3) is 0 Å². The predicted molar refractivity (Wildman–Crippen MR) is 165 cm³/mol. The Bertz CT molecular complexity index is 1810. The molecule has 0 saturated carbocycles. The lowest BCUT2D eigenvalue weighted by Gasteiger charge is -2.40. The van der Waals surface area contributed by atoms with E-state index < -0.39 is 28.5 Å². The zero-order valence-electron chi connectivity index (χ0n) is 23.6. The summed E-state index contributed by atoms with van der Waals surface area (Å²) in [5.41, 5.74) is 6.51. The first kappa shape index (κ1) is 28.6. The van der Waals surface area contributed by atoms with Crippen molar-refractivity contribution in [2.24, 2.45) is 5.73 Å². The summed E-state index contributed by atoms with van der Waals surface area (Å²) in [5, 5.41) is 22.5. The third-order valence-electron chi connectivity index (χ3n) is 8.47. The number of para-hydroxylation sites is 1. The Morgan fingerprint density at radius 1 is 1.11 bits per heavy atom. The van der Waals surface area contributed by atoms with Crippen LogP contribution in [0.2, 0.25) is 5.02 Å². The van der Waals surface area contributed by atoms with Crippen LogP contribution in [0.15, 0.2) is 63.4 Å². The standard InChI is InChI=1S/C30H29ClN8O4S/c31-24-18(34-26(40)23-27(41)35-21-10-3-4-13-39(21)28(23)42)7-5-9-20(24)44-22-16-33-29(37-36-22)38-14-11-30(12-15-38)25(32)17-6-1-2-8-19(17)43-30/h1-2,5-9,16,25,41H,3-4,10-15,32H2,(H,34,40)/t25-/m1/s1. The number of nitrogens with one attached hydrogen (secondary N) is 1. The van der Waals surface area contributed by atoms with Crippen LogP contribution in [0.4, 0.5) is 11.6 Å². The van der Waals surface area contributed by atoms with Crippen molar-refractivity contribution in [3.05, 3.63) is 81.0 Å². The molecule has 226 valence electrons. The van der Waals surface area contributed by atoms with Crippen molar-refractivity contribution in [1.82, 2.24) is 24.7 Å². The van der Waals surface area contributed by atoms with E-state index in [2.05, 4.69) is 30.4 Å². The number of anilines is 2. The number of nitrogens with zero attached hydrogens (tertiary/aromatic N) is 6. The van der Waals surface area contributed by atoms with Gasteiger partial charge in [0.15, 0.2) is 5.56 Å². The molecule has 0 aliphatic carbocycles. The van der Waals surface area contributed by atoms with E-state index >= 15 is 0 Å². The Labute approximate surface area is 261 Å². The van der Waals surface area contributed by atoms with Gasteiger partial charge in [0.1, 0.15) is 22.2 Å². The highest BCUT2D eigenvalue weighted by atomic mass is 35.5. The number of rotatable bonds is 5. The van der Waals surface area contributed by atoms with Gasteiger partial charge in [0, 0.05) is 49.4 Å². The maximum Gasteiger partial charge on any atom is 0.270 e. The number of ether oxygens (including phenoxy) is 1. The average molecular weight is 633 g/mol. The van der Waals surface area contributed by atoms with Crippen molar-refractivity contribution >= 4 is 40.9 Å². The van der Waals surface area contributed by atoms with Crippen LogP contribution in [0, 0.1) is 0 Å². The van der Waals surface area contributed by atoms with Crippen molar-refractivity contribution in [3.63, 3.8) is 0 Å². The lowest BCUT2D eigenvalue weighted by atomic mass is 9.83. The van der Waals surface area contributed by atoms with E-state index in [0.29, 0.717) is 47.7 Å². The first-order valence-electron chi connectivity index (χ1n) is 14.4. The van der Waals surface area contributed by atoms with Crippen LogP contribution in [-0.4, -0.2) is 54.4 Å². The summed E-state index contributed by atoms with van der Waals surface area (Å²) in [6.45, 7) is 1.82. The van der Waals surface area contributed by atoms with Crippen LogP contribution < -0.4 is 26.2 Å². The maximum absolute atomic E-state index is 13.1. The van der Waals surface area contributed by atoms with Gasteiger partial charge in [0.2, 0.25) is 11.8 Å². The van der Waals surface area contributed by atoms with Crippen molar-refractivity contribution < 1.29 is 14.6 Å². The number of carbonyl (C=O) groups excluding carboxylic acids is 1. The fourth-order valence-electron chi connectivity index (χ4n) is 6.09. The summed E-state index contributed by atoms with van der Waals surface area (Å²) in [5.74, 6) is 0.487. The van der Waals surface area contributed by atoms with Gasteiger partial charge >= 0.3 is 0 Å². The SMILES string of the molecule is N[C@@H]1c2ccccc2OC12CCN(c1ncc(Sc3cccc(NC(=O)c4c(O)nc5n(c4=O)CCCC5)c3Cl)nn1)CC2. The number of halogens is 1. The normalized spacial score (nSPS) is 18.4. The minimum atomic E-state index is -0.785. The fourth-order valence-corrected chi connectivity index (χ4v) is 7.14. The number of nitrogens with two attached hydrogens (primary N) is 1. The molecule has 44 heavy (non-hydrogen) atoms. The molecule has 1 saturated heterocycles. The molecule has 1 spiro atoms. The number of fused-ring (bicyclic) bond motifs is 2. The predicted octanol–water partition coefficient (Wildman–Crippen LogP) is 3.96. The molecule has 5 heterocycles. The third kappa shape index (κ3) is 5.04. The molecule has 1 atom stereocenters. The topological polar surface area (TPSA) is 161 Å². The molecule has 1 amide bonds. The van der Waals surface area contributed by atoms with Crippen molar-refractivity contribution in [1.29, 1.82) is 0 Å². The van der Waals surface area contributed by atoms with Gasteiger partial charge in [-0.15, -0.1) is 10.2 Å². The minimum Gasteiger partial charge on any atom is -0.493 e. The molecule has 0 bridgehead atoms. The third-order valence-corrected chi connectivity index (χ3v) is 9.95. The number of piperidine rings is 1. The van der Waals surface area contributed by atoms with Crippen LogP contribution in [0.3, 0.4) is 0 Å². The highest BCUT2D eigenvalue weighted by Gasteiger charge is 2.48. The van der Waals surface area contributed by atoms with Gasteiger partial charge in [-0.3, -0.25) is 14.2 Å². The molecule has 0 unspecified atom stereocenters. The largest absolute Gasteiger partial charge is 0.493 e. The Morgan fingerprint density at radius 2 is 1.93 bits per heavy atom. The Kier molecular flexibility index (Phi) is 7.39.